The third-order valence-corrected chi connectivity index (χ3v) is 6.13. The Bertz CT molecular complexity index is 951. The summed E-state index contributed by atoms with van der Waals surface area (Å²) in [5, 5.41) is 3.67. The highest BCUT2D eigenvalue weighted by Gasteiger charge is 2.20. The molecule has 6 heteroatoms. The Kier molecular flexibility index (Phi) is 4.85. The lowest BCUT2D eigenvalue weighted by Gasteiger charge is -2.23. The molecule has 2 aromatic heterocycles. The maximum Gasteiger partial charge on any atom is 0.257 e. The molecule has 27 heavy (non-hydrogen) atoms. The molecule has 1 aromatic carbocycles. The van der Waals surface area contributed by atoms with Crippen LogP contribution in [0.1, 0.15) is 39.2 Å². The van der Waals surface area contributed by atoms with Crippen LogP contribution in [0.3, 0.4) is 0 Å². The minimum absolute atomic E-state index is 0.110. The molecule has 3 aromatic rings. The van der Waals surface area contributed by atoms with E-state index in [1.54, 1.807) is 11.3 Å². The number of hydrogen-bond donors (Lipinski definition) is 1. The van der Waals surface area contributed by atoms with Gasteiger partial charge in [0, 0.05) is 47.0 Å². The molecule has 1 aliphatic rings. The lowest BCUT2D eigenvalue weighted by molar-refractivity contribution is 0.102. The maximum atomic E-state index is 12.6. The molecule has 1 N–H and O–H groups in total. The number of fused-ring (bicyclic) bond motifs is 1. The predicted molar refractivity (Wildman–Crippen MR) is 110 cm³/mol. The fraction of sp³-hybridized carbons (Fsp3) is 0.333. The molecule has 0 radical (unpaired) electrons. The highest BCUT2D eigenvalue weighted by Crippen LogP contribution is 2.28. The lowest BCUT2D eigenvalue weighted by atomic mass is 10.2. The van der Waals surface area contributed by atoms with E-state index in [1.165, 1.54) is 16.3 Å². The molecule has 5 nitrogen and oxygen atoms in total. The number of rotatable bonds is 4. The Morgan fingerprint density at radius 2 is 1.85 bits per heavy atom. The van der Waals surface area contributed by atoms with E-state index in [9.17, 15) is 4.79 Å². The van der Waals surface area contributed by atoms with Crippen LogP contribution in [0.25, 0.3) is 5.69 Å². The molecule has 0 unspecified atom stereocenters. The molecule has 0 spiro atoms. The SMILES string of the molecule is CCN1CCc2nc(NC(=O)c3ccc(-n4c(C)ccc4C)cc3)sc2C1. The second-order valence-corrected chi connectivity index (χ2v) is 8.04. The van der Waals surface area contributed by atoms with Gasteiger partial charge in [-0.15, -0.1) is 11.3 Å². The van der Waals surface area contributed by atoms with Crippen LogP contribution in [0.15, 0.2) is 36.4 Å². The van der Waals surface area contributed by atoms with Gasteiger partial charge in [0.25, 0.3) is 5.91 Å². The molecule has 3 heterocycles. The first kappa shape index (κ1) is 17.9. The minimum atomic E-state index is -0.110. The summed E-state index contributed by atoms with van der Waals surface area (Å²) in [5.74, 6) is -0.110. The van der Waals surface area contributed by atoms with Gasteiger partial charge in [-0.1, -0.05) is 6.92 Å². The quantitative estimate of drug-likeness (QED) is 0.739. The molecule has 0 fully saturated rings. The number of amides is 1. The van der Waals surface area contributed by atoms with Gasteiger partial charge in [-0.05, 0) is 56.8 Å². The Hall–Kier alpha value is -2.44. The van der Waals surface area contributed by atoms with Crippen molar-refractivity contribution in [3.63, 3.8) is 0 Å². The van der Waals surface area contributed by atoms with Crippen LogP contribution < -0.4 is 5.32 Å². The summed E-state index contributed by atoms with van der Waals surface area (Å²) < 4.78 is 2.18. The second-order valence-electron chi connectivity index (χ2n) is 6.96. The molecular weight excluding hydrogens is 356 g/mol. The largest absolute Gasteiger partial charge is 0.319 e. The van der Waals surface area contributed by atoms with E-state index in [0.29, 0.717) is 10.7 Å². The van der Waals surface area contributed by atoms with Crippen molar-refractivity contribution in [2.75, 3.05) is 18.4 Å². The van der Waals surface area contributed by atoms with E-state index in [0.717, 1.165) is 37.4 Å². The topological polar surface area (TPSA) is 50.2 Å². The van der Waals surface area contributed by atoms with Gasteiger partial charge in [0.05, 0.1) is 5.69 Å². The van der Waals surface area contributed by atoms with Crippen molar-refractivity contribution in [2.24, 2.45) is 0 Å². The third-order valence-electron chi connectivity index (χ3n) is 5.14. The van der Waals surface area contributed by atoms with Gasteiger partial charge in [-0.25, -0.2) is 4.98 Å². The number of carbonyl (C=O) groups excluding carboxylic acids is 1. The van der Waals surface area contributed by atoms with Gasteiger partial charge in [0.1, 0.15) is 0 Å². The highest BCUT2D eigenvalue weighted by atomic mass is 32.1. The predicted octanol–water partition coefficient (Wildman–Crippen LogP) is 4.18. The number of anilines is 1. The number of carbonyl (C=O) groups is 1. The van der Waals surface area contributed by atoms with Crippen molar-refractivity contribution in [1.82, 2.24) is 14.5 Å². The van der Waals surface area contributed by atoms with Crippen LogP contribution in [-0.4, -0.2) is 33.4 Å². The van der Waals surface area contributed by atoms with Crippen molar-refractivity contribution in [2.45, 2.75) is 33.7 Å². The number of aryl methyl sites for hydroxylation is 2. The molecule has 0 saturated carbocycles. The fourth-order valence-corrected chi connectivity index (χ4v) is 4.62. The molecular formula is C21H24N4OS. The smallest absolute Gasteiger partial charge is 0.257 e. The Morgan fingerprint density at radius 1 is 1.15 bits per heavy atom. The van der Waals surface area contributed by atoms with Crippen molar-refractivity contribution in [1.29, 1.82) is 0 Å². The van der Waals surface area contributed by atoms with Gasteiger partial charge in [0.15, 0.2) is 5.13 Å². The molecule has 0 aliphatic carbocycles. The fourth-order valence-electron chi connectivity index (χ4n) is 3.58. The van der Waals surface area contributed by atoms with E-state index in [1.807, 2.05) is 24.3 Å². The number of nitrogens with one attached hydrogen (secondary N) is 1. The van der Waals surface area contributed by atoms with E-state index in [-0.39, 0.29) is 5.91 Å². The van der Waals surface area contributed by atoms with Gasteiger partial charge in [-0.3, -0.25) is 15.0 Å². The van der Waals surface area contributed by atoms with Crippen molar-refractivity contribution in [3.8, 4) is 5.69 Å². The van der Waals surface area contributed by atoms with Gasteiger partial charge in [-0.2, -0.15) is 0 Å². The molecule has 140 valence electrons. The third kappa shape index (κ3) is 3.55. The van der Waals surface area contributed by atoms with Crippen LogP contribution in [0.5, 0.6) is 0 Å². The summed E-state index contributed by atoms with van der Waals surface area (Å²) in [6.07, 6.45) is 0.958. The Balaban J connectivity index is 1.49. The van der Waals surface area contributed by atoms with E-state index in [2.05, 4.69) is 52.7 Å². The van der Waals surface area contributed by atoms with Crippen LogP contribution in [0.2, 0.25) is 0 Å². The summed E-state index contributed by atoms with van der Waals surface area (Å²) in [7, 11) is 0. The standard InChI is InChI=1S/C21H24N4OS/c1-4-24-12-11-18-19(13-24)27-21(22-18)23-20(26)16-7-9-17(10-8-16)25-14(2)5-6-15(25)3/h5-10H,4,11-13H2,1-3H3,(H,22,23,26). The maximum absolute atomic E-state index is 12.6. The number of nitrogens with zero attached hydrogens (tertiary/aromatic N) is 3. The minimum Gasteiger partial charge on any atom is -0.319 e. The number of aromatic nitrogens is 2. The molecule has 4 rings (SSSR count). The second kappa shape index (κ2) is 7.29. The monoisotopic (exact) mass is 380 g/mol. The van der Waals surface area contributed by atoms with E-state index < -0.39 is 0 Å². The van der Waals surface area contributed by atoms with E-state index in [4.69, 9.17) is 0 Å². The zero-order valence-electron chi connectivity index (χ0n) is 16.0. The van der Waals surface area contributed by atoms with E-state index >= 15 is 0 Å². The van der Waals surface area contributed by atoms with Gasteiger partial charge < -0.3 is 4.57 Å². The van der Waals surface area contributed by atoms with Crippen LogP contribution in [0.4, 0.5) is 5.13 Å². The van der Waals surface area contributed by atoms with Crippen molar-refractivity contribution in [3.05, 3.63) is 63.9 Å². The Labute approximate surface area is 163 Å². The van der Waals surface area contributed by atoms with Crippen molar-refractivity contribution >= 4 is 22.4 Å². The summed E-state index contributed by atoms with van der Waals surface area (Å²) in [4.78, 5) is 20.9. The number of benzene rings is 1. The average Bonchev–Trinajstić information content (AvgIpc) is 3.23. The molecule has 1 aliphatic heterocycles. The highest BCUT2D eigenvalue weighted by molar-refractivity contribution is 7.15. The first-order chi connectivity index (χ1) is 13.0. The van der Waals surface area contributed by atoms with Crippen molar-refractivity contribution < 1.29 is 4.79 Å². The molecule has 0 atom stereocenters. The first-order valence-electron chi connectivity index (χ1n) is 9.33. The summed E-state index contributed by atoms with van der Waals surface area (Å²) in [5.41, 5.74) is 5.20. The number of likely N-dealkylation sites (N-methyl/N-ethyl adjacent to an activating group) is 1. The average molecular weight is 381 g/mol. The zero-order valence-corrected chi connectivity index (χ0v) is 16.8. The van der Waals surface area contributed by atoms with Crippen LogP contribution in [-0.2, 0) is 13.0 Å². The molecule has 0 bridgehead atoms. The summed E-state index contributed by atoms with van der Waals surface area (Å²) in [6, 6.07) is 11.9. The molecule has 1 amide bonds. The summed E-state index contributed by atoms with van der Waals surface area (Å²) in [6.45, 7) is 9.36. The Morgan fingerprint density at radius 3 is 2.52 bits per heavy atom. The normalized spacial score (nSPS) is 14.2. The lowest BCUT2D eigenvalue weighted by Crippen LogP contribution is -2.29. The van der Waals surface area contributed by atoms with Gasteiger partial charge >= 0.3 is 0 Å². The van der Waals surface area contributed by atoms with Gasteiger partial charge in [0.2, 0.25) is 0 Å². The molecule has 0 saturated heterocycles. The first-order valence-corrected chi connectivity index (χ1v) is 10.1. The number of hydrogen-bond acceptors (Lipinski definition) is 4. The zero-order chi connectivity index (χ0) is 19.0. The number of thiazole rings is 1. The van der Waals surface area contributed by atoms with Crippen LogP contribution in [0, 0.1) is 13.8 Å². The van der Waals surface area contributed by atoms with Crippen LogP contribution >= 0.6 is 11.3 Å². The summed E-state index contributed by atoms with van der Waals surface area (Å²) >= 11 is 1.59.